The summed E-state index contributed by atoms with van der Waals surface area (Å²) in [6.45, 7) is 6.20. The summed E-state index contributed by atoms with van der Waals surface area (Å²) in [5.74, 6) is 1.42. The van der Waals surface area contributed by atoms with Crippen LogP contribution in [0, 0.1) is 0 Å². The molecule has 0 bridgehead atoms. The molecule has 0 saturated carbocycles. The monoisotopic (exact) mass is 1100 g/mol. The Morgan fingerprint density at radius 2 is 1.00 bits per heavy atom. The van der Waals surface area contributed by atoms with Crippen LogP contribution in [0.2, 0.25) is 0 Å². The van der Waals surface area contributed by atoms with Crippen LogP contribution in [0.5, 0.6) is 23.0 Å². The molecule has 1 saturated heterocycles. The summed E-state index contributed by atoms with van der Waals surface area (Å²) >= 11 is 11.5. The van der Waals surface area contributed by atoms with Crippen molar-refractivity contribution in [2.24, 2.45) is 0 Å². The average molecular weight is 1100 g/mol. The minimum atomic E-state index is -1.13. The number of carboxylic acids is 1. The molecule has 14 heteroatoms. The summed E-state index contributed by atoms with van der Waals surface area (Å²) in [6, 6.07) is 51.6. The molecule has 76 heavy (non-hydrogen) atoms. The maximum Gasteiger partial charge on any atom is 0.323 e. The van der Waals surface area contributed by atoms with Crippen LogP contribution in [0.4, 0.5) is 17.1 Å². The highest BCUT2D eigenvalue weighted by Crippen LogP contribution is 2.52. The second kappa shape index (κ2) is 25.0. The first-order valence-corrected chi connectivity index (χ1v) is 29.6. The first-order chi connectivity index (χ1) is 37.2. The van der Waals surface area contributed by atoms with E-state index in [2.05, 4.69) is 164 Å². The Labute approximate surface area is 466 Å². The Bertz CT molecular complexity index is 3170. The summed E-state index contributed by atoms with van der Waals surface area (Å²) < 4.78 is 24.6. The molecule has 1 fully saturated rings. The average Bonchev–Trinajstić information content (AvgIpc) is 4.28. The molecule has 0 atom stereocenters. The molecule has 0 radical (unpaired) electrons. The number of aliphatic carboxylic acids is 1. The van der Waals surface area contributed by atoms with E-state index < -0.39 is 18.4 Å². The third-order valence-electron chi connectivity index (χ3n) is 13.1. The van der Waals surface area contributed by atoms with E-state index in [1.54, 1.807) is 28.7 Å². The number of rotatable bonds is 23. The number of anilines is 3. The van der Waals surface area contributed by atoms with Gasteiger partial charge in [-0.3, -0.25) is 14.5 Å². The normalized spacial score (nSPS) is 13.7. The SMILES string of the molecule is CCCCCCOc1ccc(-c2ccc(-c3ccc(N(c4ccc(-c5ccc(-c6ccc(OCCCCCC)cc6)s5)cc4)c4ccc(-c5sc(/C=C6\SC(=S)N(CC(=O)O)C6=O)c6c5OCCO6)cc4)cc3)s2)cc1. The lowest BCUT2D eigenvalue weighted by molar-refractivity contribution is -0.140. The minimum absolute atomic E-state index is 0.208. The van der Waals surface area contributed by atoms with Crippen LogP contribution in [0.1, 0.15) is 70.1 Å². The summed E-state index contributed by atoms with van der Waals surface area (Å²) in [6.07, 6.45) is 11.2. The van der Waals surface area contributed by atoms with Gasteiger partial charge in [0.15, 0.2) is 11.5 Å². The summed E-state index contributed by atoms with van der Waals surface area (Å²) in [5.41, 5.74) is 8.52. The maximum atomic E-state index is 13.2. The van der Waals surface area contributed by atoms with Gasteiger partial charge < -0.3 is 29.0 Å². The summed E-state index contributed by atoms with van der Waals surface area (Å²) in [5, 5.41) is 9.38. The molecule has 2 aliphatic rings. The van der Waals surface area contributed by atoms with Crippen LogP contribution in [0.25, 0.3) is 58.3 Å². The highest BCUT2D eigenvalue weighted by Gasteiger charge is 2.35. The molecule has 1 amide bonds. The quantitative estimate of drug-likeness (QED) is 0.0379. The second-order valence-electron chi connectivity index (χ2n) is 18.5. The zero-order valence-electron chi connectivity index (χ0n) is 42.5. The zero-order valence-corrected chi connectivity index (χ0v) is 46.5. The van der Waals surface area contributed by atoms with Crippen molar-refractivity contribution in [1.29, 1.82) is 0 Å². The van der Waals surface area contributed by atoms with Crippen LogP contribution in [0.15, 0.2) is 150 Å². The molecule has 5 aromatic carbocycles. The van der Waals surface area contributed by atoms with Gasteiger partial charge in [-0.25, -0.2) is 0 Å². The van der Waals surface area contributed by atoms with Crippen molar-refractivity contribution in [1.82, 2.24) is 4.90 Å². The van der Waals surface area contributed by atoms with E-state index in [1.807, 2.05) is 0 Å². The fourth-order valence-corrected chi connectivity index (χ4v) is 13.6. The van der Waals surface area contributed by atoms with E-state index in [4.69, 9.17) is 31.2 Å². The number of thiophene rings is 3. The third kappa shape index (κ3) is 12.4. The maximum absolute atomic E-state index is 13.2. The summed E-state index contributed by atoms with van der Waals surface area (Å²) in [7, 11) is 0. The number of carboxylic acid groups (broad SMARTS) is 1. The molecule has 3 aromatic heterocycles. The van der Waals surface area contributed by atoms with E-state index in [1.165, 1.54) is 80.5 Å². The number of hydrogen-bond acceptors (Lipinski definition) is 12. The van der Waals surface area contributed by atoms with Gasteiger partial charge in [0.25, 0.3) is 5.91 Å². The Hall–Kier alpha value is -6.68. The zero-order chi connectivity index (χ0) is 52.4. The first kappa shape index (κ1) is 52.7. The largest absolute Gasteiger partial charge is 0.494 e. The van der Waals surface area contributed by atoms with Gasteiger partial charge in [-0.05, 0) is 156 Å². The predicted molar refractivity (Wildman–Crippen MR) is 320 cm³/mol. The number of carbonyl (C=O) groups excluding carboxylic acids is 1. The number of amides is 1. The number of unbranched alkanes of at least 4 members (excludes halogenated alkanes) is 6. The number of thiocarbonyl (C=S) groups is 1. The van der Waals surface area contributed by atoms with Crippen molar-refractivity contribution in [2.45, 2.75) is 65.2 Å². The van der Waals surface area contributed by atoms with Gasteiger partial charge in [0.1, 0.15) is 35.6 Å². The number of hydrogen-bond donors (Lipinski definition) is 1. The van der Waals surface area contributed by atoms with Crippen LogP contribution in [-0.2, 0) is 9.59 Å². The van der Waals surface area contributed by atoms with E-state index in [9.17, 15) is 14.7 Å². The fourth-order valence-electron chi connectivity index (χ4n) is 9.07. The molecule has 0 aliphatic carbocycles. The van der Waals surface area contributed by atoms with Crippen LogP contribution < -0.4 is 23.8 Å². The van der Waals surface area contributed by atoms with E-state index in [0.717, 1.165) is 92.8 Å². The molecule has 0 spiro atoms. The Balaban J connectivity index is 0.912. The molecule has 2 aliphatic heterocycles. The van der Waals surface area contributed by atoms with Gasteiger partial charge in [0.05, 0.1) is 27.9 Å². The topological polar surface area (TPSA) is 97.8 Å². The van der Waals surface area contributed by atoms with E-state index >= 15 is 0 Å². The number of benzene rings is 5. The highest BCUT2D eigenvalue weighted by atomic mass is 32.2. The van der Waals surface area contributed by atoms with Crippen molar-refractivity contribution >= 4 is 97.3 Å². The number of fused-ring (bicyclic) bond motifs is 1. The van der Waals surface area contributed by atoms with E-state index in [-0.39, 0.29) is 4.32 Å². The molecule has 1 N–H and O–H groups in total. The standard InChI is InChI=1S/C62H58N2O7S5/c1-3-5-7-9-35-68-49-27-17-43(18-28-49)53-33-31-51(73-53)41-11-21-46(22-12-41)64(47-23-13-42(14-24-47)52-32-34-54(74-52)44-19-29-50(30-20-44)69-36-10-8-6-4-2)48-25-15-45(16-26-48)60-59-58(70-37-38-71-59)55(75-60)39-56-61(67)63(40-57(65)66)62(72)76-56/h11-34,39H,3-10,35-38,40H2,1-2H3,(H,65,66)/b56-39-. The Morgan fingerprint density at radius 1 is 0.579 bits per heavy atom. The molecule has 0 unspecified atom stereocenters. The molecule has 5 heterocycles. The van der Waals surface area contributed by atoms with Crippen LogP contribution in [-0.4, -0.2) is 59.2 Å². The van der Waals surface area contributed by atoms with Crippen molar-refractivity contribution in [2.75, 3.05) is 37.9 Å². The number of carbonyl (C=O) groups is 2. The van der Waals surface area contributed by atoms with Crippen molar-refractivity contribution in [3.8, 4) is 75.2 Å². The van der Waals surface area contributed by atoms with Crippen LogP contribution in [0.3, 0.4) is 0 Å². The van der Waals surface area contributed by atoms with Crippen molar-refractivity contribution in [3.05, 3.63) is 155 Å². The van der Waals surface area contributed by atoms with Gasteiger partial charge >= 0.3 is 5.97 Å². The first-order valence-electron chi connectivity index (χ1n) is 25.9. The van der Waals surface area contributed by atoms with Gasteiger partial charge in [-0.15, -0.1) is 34.0 Å². The molecule has 9 nitrogen and oxygen atoms in total. The number of ether oxygens (including phenoxy) is 4. The molecule has 388 valence electrons. The summed E-state index contributed by atoms with van der Waals surface area (Å²) in [4.78, 5) is 34.8. The lowest BCUT2D eigenvalue weighted by Crippen LogP contribution is -2.33. The van der Waals surface area contributed by atoms with E-state index in [0.29, 0.717) is 34.5 Å². The van der Waals surface area contributed by atoms with Gasteiger partial charge in [0, 0.05) is 36.6 Å². The van der Waals surface area contributed by atoms with Gasteiger partial charge in [0.2, 0.25) is 0 Å². The minimum Gasteiger partial charge on any atom is -0.494 e. The van der Waals surface area contributed by atoms with Gasteiger partial charge in [-0.2, -0.15) is 0 Å². The smallest absolute Gasteiger partial charge is 0.323 e. The van der Waals surface area contributed by atoms with Crippen molar-refractivity contribution in [3.63, 3.8) is 0 Å². The highest BCUT2D eigenvalue weighted by molar-refractivity contribution is 8.26. The van der Waals surface area contributed by atoms with Crippen molar-refractivity contribution < 1.29 is 33.6 Å². The predicted octanol–water partition coefficient (Wildman–Crippen LogP) is 17.7. The Morgan fingerprint density at radius 3 is 1.43 bits per heavy atom. The number of thioether (sulfide) groups is 1. The lowest BCUT2D eigenvalue weighted by atomic mass is 10.1. The second-order valence-corrected chi connectivity index (χ2v) is 23.4. The molecular weight excluding hydrogens is 1050 g/mol. The fraction of sp³-hybridized carbons (Fsp3) is 0.242. The molecule has 8 aromatic rings. The lowest BCUT2D eigenvalue weighted by Gasteiger charge is -2.26. The van der Waals surface area contributed by atoms with Crippen LogP contribution >= 0.6 is 58.0 Å². The van der Waals surface area contributed by atoms with Gasteiger partial charge in [-0.1, -0.05) is 113 Å². The molecule has 10 rings (SSSR count). The number of nitrogens with zero attached hydrogens (tertiary/aromatic N) is 2. The molecular formula is C62H58N2O7S5. The third-order valence-corrected chi connectivity index (χ3v) is 18.0. The Kier molecular flexibility index (Phi) is 17.3.